The summed E-state index contributed by atoms with van der Waals surface area (Å²) >= 11 is 1.31. The topological polar surface area (TPSA) is 74.3 Å². The molecule has 0 radical (unpaired) electrons. The highest BCUT2D eigenvalue weighted by molar-refractivity contribution is 7.15. The van der Waals surface area contributed by atoms with E-state index in [1.807, 2.05) is 83.7 Å². The molecule has 3 heterocycles. The van der Waals surface area contributed by atoms with Crippen LogP contribution in [0.1, 0.15) is 11.1 Å². The number of nitrogens with zero attached hydrogens (tertiary/aromatic N) is 5. The van der Waals surface area contributed by atoms with Crippen LogP contribution in [0, 0.1) is 6.92 Å². The lowest BCUT2D eigenvalue weighted by molar-refractivity contribution is 0.363. The van der Waals surface area contributed by atoms with Gasteiger partial charge in [0.05, 0.1) is 15.9 Å². The fourth-order valence-electron chi connectivity index (χ4n) is 4.09. The number of aromatic nitrogens is 5. The molecule has 0 N–H and O–H groups in total. The molecule has 0 saturated carbocycles. The first-order chi connectivity index (χ1) is 18.6. The molecule has 8 heteroatoms. The smallest absolute Gasteiger partial charge is 0.291 e. The lowest BCUT2D eigenvalue weighted by Gasteiger charge is -2.02. The molecule has 0 amide bonds. The summed E-state index contributed by atoms with van der Waals surface area (Å²) in [5, 5.41) is 9.35. The first-order valence-corrected chi connectivity index (χ1v) is 12.9. The van der Waals surface area contributed by atoms with Crippen LogP contribution >= 0.6 is 11.3 Å². The van der Waals surface area contributed by atoms with Crippen LogP contribution < -0.4 is 14.8 Å². The first-order valence-electron chi connectivity index (χ1n) is 12.1. The molecule has 0 atom stereocenters. The van der Waals surface area contributed by atoms with Gasteiger partial charge >= 0.3 is 0 Å². The maximum atomic E-state index is 13.3. The number of thiazole rings is 1. The van der Waals surface area contributed by atoms with Gasteiger partial charge in [0, 0.05) is 22.9 Å². The van der Waals surface area contributed by atoms with Gasteiger partial charge in [-0.2, -0.15) is 14.6 Å². The van der Waals surface area contributed by atoms with Crippen molar-refractivity contribution >= 4 is 22.4 Å². The minimum atomic E-state index is -0.211. The van der Waals surface area contributed by atoms with Gasteiger partial charge in [-0.25, -0.2) is 4.68 Å². The van der Waals surface area contributed by atoms with Crippen molar-refractivity contribution in [1.29, 1.82) is 0 Å². The number of benzene rings is 3. The van der Waals surface area contributed by atoms with E-state index in [0.29, 0.717) is 21.9 Å². The van der Waals surface area contributed by atoms with Crippen molar-refractivity contribution in [1.82, 2.24) is 24.4 Å². The van der Waals surface area contributed by atoms with Gasteiger partial charge in [-0.3, -0.25) is 4.79 Å². The van der Waals surface area contributed by atoms with Crippen molar-refractivity contribution in [2.75, 3.05) is 6.61 Å². The van der Waals surface area contributed by atoms with Crippen LogP contribution in [0.25, 0.3) is 39.4 Å². The van der Waals surface area contributed by atoms with Crippen LogP contribution in [-0.4, -0.2) is 31.0 Å². The number of hydrogen-bond donors (Lipinski definition) is 0. The SMILES string of the molecule is C=CCOc1ccc(-c2nc3s/c(=C\c4cn(-c5ccccc5)nc4-c4ccc(C)cc4)c(=O)n3n2)cc1. The Morgan fingerprint density at radius 1 is 0.947 bits per heavy atom. The number of ether oxygens (including phenoxy) is 1. The average Bonchev–Trinajstić information content (AvgIpc) is 3.64. The van der Waals surface area contributed by atoms with E-state index < -0.39 is 0 Å². The zero-order valence-corrected chi connectivity index (χ0v) is 21.4. The molecule has 0 unspecified atom stereocenters. The van der Waals surface area contributed by atoms with E-state index in [1.54, 1.807) is 6.08 Å². The molecule has 38 heavy (non-hydrogen) atoms. The third-order valence-electron chi connectivity index (χ3n) is 6.04. The van der Waals surface area contributed by atoms with Gasteiger partial charge in [-0.15, -0.1) is 5.10 Å². The van der Waals surface area contributed by atoms with E-state index in [4.69, 9.17) is 9.84 Å². The highest BCUT2D eigenvalue weighted by Gasteiger charge is 2.15. The molecule has 0 aliphatic rings. The second-order valence-corrected chi connectivity index (χ2v) is 9.76. The minimum absolute atomic E-state index is 0.211. The summed E-state index contributed by atoms with van der Waals surface area (Å²) in [6.07, 6.45) is 5.51. The van der Waals surface area contributed by atoms with Crippen LogP contribution in [0.5, 0.6) is 5.75 Å². The summed E-state index contributed by atoms with van der Waals surface area (Å²) < 4.78 is 9.28. The average molecular weight is 518 g/mol. The fraction of sp³-hybridized carbons (Fsp3) is 0.0667. The Hall–Kier alpha value is -4.82. The van der Waals surface area contributed by atoms with E-state index >= 15 is 0 Å². The van der Waals surface area contributed by atoms with E-state index in [2.05, 4.69) is 35.7 Å². The van der Waals surface area contributed by atoms with E-state index in [-0.39, 0.29) is 5.56 Å². The third kappa shape index (κ3) is 4.53. The maximum absolute atomic E-state index is 13.3. The van der Waals surface area contributed by atoms with Crippen LogP contribution in [0.3, 0.4) is 0 Å². The van der Waals surface area contributed by atoms with Crippen molar-refractivity contribution in [2.45, 2.75) is 6.92 Å². The summed E-state index contributed by atoms with van der Waals surface area (Å²) in [6, 6.07) is 25.6. The van der Waals surface area contributed by atoms with E-state index in [9.17, 15) is 4.79 Å². The number of para-hydroxylation sites is 1. The van der Waals surface area contributed by atoms with E-state index in [1.165, 1.54) is 21.4 Å². The molecule has 0 spiro atoms. The van der Waals surface area contributed by atoms with Gasteiger partial charge in [-0.1, -0.05) is 72.0 Å². The van der Waals surface area contributed by atoms with Gasteiger partial charge in [0.25, 0.3) is 5.56 Å². The predicted molar refractivity (Wildman–Crippen MR) is 151 cm³/mol. The maximum Gasteiger partial charge on any atom is 0.291 e. The molecule has 0 bridgehead atoms. The quantitative estimate of drug-likeness (QED) is 0.276. The van der Waals surface area contributed by atoms with Crippen LogP contribution in [0.2, 0.25) is 0 Å². The Morgan fingerprint density at radius 3 is 2.39 bits per heavy atom. The zero-order chi connectivity index (χ0) is 26.1. The standard InChI is InChI=1S/C30H23N5O2S/c1-3-17-37-25-15-13-22(14-16-25)28-31-30-35(33-28)29(36)26(38-30)18-23-19-34(24-7-5-4-6-8-24)32-27(23)21-11-9-20(2)10-12-21/h3-16,18-19H,1,17H2,2H3/b26-18-. The van der Waals surface area contributed by atoms with Gasteiger partial charge in [0.1, 0.15) is 12.4 Å². The lowest BCUT2D eigenvalue weighted by atomic mass is 10.1. The summed E-state index contributed by atoms with van der Waals surface area (Å²) in [7, 11) is 0. The van der Waals surface area contributed by atoms with Gasteiger partial charge in [-0.05, 0) is 49.4 Å². The van der Waals surface area contributed by atoms with Crippen LogP contribution in [0.4, 0.5) is 0 Å². The highest BCUT2D eigenvalue weighted by Crippen LogP contribution is 2.25. The Morgan fingerprint density at radius 2 is 1.68 bits per heavy atom. The molecule has 0 aliphatic carbocycles. The Labute approximate surface area is 222 Å². The Kier molecular flexibility index (Phi) is 6.15. The minimum Gasteiger partial charge on any atom is -0.490 e. The molecule has 6 aromatic rings. The number of rotatable bonds is 7. The van der Waals surface area contributed by atoms with E-state index in [0.717, 1.165) is 33.8 Å². The number of hydrogen-bond acceptors (Lipinski definition) is 6. The second-order valence-electron chi connectivity index (χ2n) is 8.75. The molecule has 186 valence electrons. The largest absolute Gasteiger partial charge is 0.490 e. The molecule has 3 aromatic heterocycles. The Bertz CT molecular complexity index is 1850. The fourth-order valence-corrected chi connectivity index (χ4v) is 4.99. The van der Waals surface area contributed by atoms with Crippen molar-refractivity contribution in [2.24, 2.45) is 0 Å². The van der Waals surface area contributed by atoms with Gasteiger partial charge < -0.3 is 4.74 Å². The predicted octanol–water partition coefficient (Wildman–Crippen LogP) is 5.09. The van der Waals surface area contributed by atoms with Crippen molar-refractivity contribution < 1.29 is 4.74 Å². The molecule has 0 aliphatic heterocycles. The summed E-state index contributed by atoms with van der Waals surface area (Å²) in [5.74, 6) is 1.23. The summed E-state index contributed by atoms with van der Waals surface area (Å²) in [5.41, 5.74) is 5.33. The molecule has 0 fully saturated rings. The third-order valence-corrected chi connectivity index (χ3v) is 7.00. The first kappa shape index (κ1) is 23.6. The number of fused-ring (bicyclic) bond motifs is 1. The van der Waals surface area contributed by atoms with Crippen molar-refractivity contribution in [3.8, 4) is 34.1 Å². The van der Waals surface area contributed by atoms with Crippen LogP contribution in [-0.2, 0) is 0 Å². The molecule has 0 saturated heterocycles. The summed E-state index contributed by atoms with van der Waals surface area (Å²) in [4.78, 5) is 18.5. The second kappa shape index (κ2) is 9.91. The van der Waals surface area contributed by atoms with Crippen molar-refractivity contribution in [3.63, 3.8) is 0 Å². The molecule has 7 nitrogen and oxygen atoms in total. The summed E-state index contributed by atoms with van der Waals surface area (Å²) in [6.45, 7) is 6.15. The zero-order valence-electron chi connectivity index (χ0n) is 20.6. The molecule has 6 rings (SSSR count). The molecule has 3 aromatic carbocycles. The Balaban J connectivity index is 1.40. The number of aryl methyl sites for hydroxylation is 1. The van der Waals surface area contributed by atoms with Crippen molar-refractivity contribution in [3.05, 3.63) is 124 Å². The highest BCUT2D eigenvalue weighted by atomic mass is 32.1. The van der Waals surface area contributed by atoms with Gasteiger partial charge in [0.2, 0.25) is 4.96 Å². The van der Waals surface area contributed by atoms with Crippen LogP contribution in [0.15, 0.2) is 103 Å². The molecular formula is C30H23N5O2S. The normalized spacial score (nSPS) is 11.8. The molecular weight excluding hydrogens is 494 g/mol. The lowest BCUT2D eigenvalue weighted by Crippen LogP contribution is -2.23. The van der Waals surface area contributed by atoms with Gasteiger partial charge in [0.15, 0.2) is 5.82 Å². The monoisotopic (exact) mass is 517 g/mol.